The van der Waals surface area contributed by atoms with Crippen LogP contribution >= 0.6 is 0 Å². The molecule has 0 aromatic carbocycles. The smallest absolute Gasteiger partial charge is 0.122 e. The van der Waals surface area contributed by atoms with Crippen molar-refractivity contribution in [3.05, 3.63) is 36.6 Å². The molecule has 1 saturated heterocycles. The van der Waals surface area contributed by atoms with Gasteiger partial charge in [0.2, 0.25) is 0 Å². The quantitative estimate of drug-likeness (QED) is 0.726. The van der Waals surface area contributed by atoms with Gasteiger partial charge in [0.05, 0.1) is 0 Å². The standard InChI is InChI=1S/C13H19NO.2C2H6/c1-4-11-10-13(15-12(11)5-2)6-8-14(3)9-7-13;2*1-2/h4-5H,1-2,6-10H2,3H3;2*1-2H3. The molecule has 0 unspecified atom stereocenters. The molecule has 0 aliphatic carbocycles. The van der Waals surface area contributed by atoms with Gasteiger partial charge >= 0.3 is 0 Å². The Morgan fingerprint density at radius 3 is 1.95 bits per heavy atom. The molecule has 110 valence electrons. The lowest BCUT2D eigenvalue weighted by Gasteiger charge is -2.37. The van der Waals surface area contributed by atoms with Crippen LogP contribution in [0.2, 0.25) is 0 Å². The van der Waals surface area contributed by atoms with Crippen LogP contribution in [0.1, 0.15) is 47.0 Å². The maximum Gasteiger partial charge on any atom is 0.122 e. The molecule has 0 N–H and O–H groups in total. The van der Waals surface area contributed by atoms with Crippen molar-refractivity contribution < 1.29 is 4.74 Å². The molecule has 2 aliphatic heterocycles. The van der Waals surface area contributed by atoms with Crippen LogP contribution in [0.5, 0.6) is 0 Å². The summed E-state index contributed by atoms with van der Waals surface area (Å²) in [6, 6.07) is 0. The molecule has 19 heavy (non-hydrogen) atoms. The topological polar surface area (TPSA) is 12.5 Å². The van der Waals surface area contributed by atoms with E-state index in [0.29, 0.717) is 0 Å². The van der Waals surface area contributed by atoms with Crippen LogP contribution in [-0.4, -0.2) is 30.6 Å². The summed E-state index contributed by atoms with van der Waals surface area (Å²) in [5, 5.41) is 0. The number of likely N-dealkylation sites (tertiary alicyclic amines) is 1. The first-order chi connectivity index (χ1) is 9.19. The summed E-state index contributed by atoms with van der Waals surface area (Å²) in [7, 11) is 2.16. The number of allylic oxidation sites excluding steroid dienone is 2. The van der Waals surface area contributed by atoms with Crippen molar-refractivity contribution in [2.45, 2.75) is 52.6 Å². The van der Waals surface area contributed by atoms with E-state index in [2.05, 4.69) is 25.1 Å². The molecule has 0 aromatic heterocycles. The van der Waals surface area contributed by atoms with E-state index in [1.165, 1.54) is 5.57 Å². The minimum Gasteiger partial charge on any atom is -0.487 e. The van der Waals surface area contributed by atoms with Crippen LogP contribution in [0.3, 0.4) is 0 Å². The van der Waals surface area contributed by atoms with Crippen LogP contribution in [0.15, 0.2) is 36.6 Å². The van der Waals surface area contributed by atoms with E-state index in [9.17, 15) is 0 Å². The van der Waals surface area contributed by atoms with Gasteiger partial charge in [-0.3, -0.25) is 0 Å². The Kier molecular flexibility index (Phi) is 8.49. The lowest BCUT2D eigenvalue weighted by atomic mass is 9.87. The Hall–Kier alpha value is -1.02. The molecule has 0 bridgehead atoms. The second-order valence-electron chi connectivity index (χ2n) is 4.56. The van der Waals surface area contributed by atoms with Crippen molar-refractivity contribution in [1.82, 2.24) is 4.90 Å². The van der Waals surface area contributed by atoms with Gasteiger partial charge in [0.25, 0.3) is 0 Å². The van der Waals surface area contributed by atoms with E-state index in [1.54, 1.807) is 0 Å². The van der Waals surface area contributed by atoms with Crippen LogP contribution < -0.4 is 0 Å². The van der Waals surface area contributed by atoms with Gasteiger partial charge in [-0.1, -0.05) is 46.9 Å². The highest BCUT2D eigenvalue weighted by molar-refractivity contribution is 5.33. The third kappa shape index (κ3) is 4.54. The van der Waals surface area contributed by atoms with Gasteiger partial charge in [-0.25, -0.2) is 0 Å². The zero-order valence-corrected chi connectivity index (χ0v) is 13.5. The number of piperidine rings is 1. The molecule has 0 atom stereocenters. The first kappa shape index (κ1) is 18.0. The maximum atomic E-state index is 6.05. The Morgan fingerprint density at radius 1 is 1.05 bits per heavy atom. The van der Waals surface area contributed by atoms with Crippen molar-refractivity contribution in [1.29, 1.82) is 0 Å². The van der Waals surface area contributed by atoms with Crippen LogP contribution in [0, 0.1) is 0 Å². The third-order valence-electron chi connectivity index (χ3n) is 3.49. The maximum absolute atomic E-state index is 6.05. The molecule has 0 aromatic rings. The second kappa shape index (κ2) is 8.98. The van der Waals surface area contributed by atoms with Crippen molar-refractivity contribution in [3.63, 3.8) is 0 Å². The fourth-order valence-corrected chi connectivity index (χ4v) is 2.42. The Morgan fingerprint density at radius 2 is 1.58 bits per heavy atom. The lowest BCUT2D eigenvalue weighted by Crippen LogP contribution is -2.42. The first-order valence-electron chi connectivity index (χ1n) is 7.55. The minimum atomic E-state index is 0.0412. The van der Waals surface area contributed by atoms with Crippen molar-refractivity contribution in [3.8, 4) is 0 Å². The number of rotatable bonds is 2. The second-order valence-corrected chi connectivity index (χ2v) is 4.56. The van der Waals surface area contributed by atoms with E-state index in [4.69, 9.17) is 4.74 Å². The summed E-state index contributed by atoms with van der Waals surface area (Å²) in [4.78, 5) is 2.36. The average molecular weight is 265 g/mol. The molecule has 0 amide bonds. The van der Waals surface area contributed by atoms with E-state index >= 15 is 0 Å². The largest absolute Gasteiger partial charge is 0.487 e. The van der Waals surface area contributed by atoms with Gasteiger partial charge < -0.3 is 9.64 Å². The molecule has 2 heterocycles. The van der Waals surface area contributed by atoms with Crippen molar-refractivity contribution in [2.75, 3.05) is 20.1 Å². The Bertz CT molecular complexity index is 287. The van der Waals surface area contributed by atoms with Gasteiger partial charge in [0, 0.05) is 32.4 Å². The van der Waals surface area contributed by atoms with E-state index in [0.717, 1.165) is 38.1 Å². The summed E-state index contributed by atoms with van der Waals surface area (Å²) < 4.78 is 6.05. The van der Waals surface area contributed by atoms with Crippen molar-refractivity contribution in [2.24, 2.45) is 0 Å². The first-order valence-corrected chi connectivity index (χ1v) is 7.55. The third-order valence-corrected chi connectivity index (χ3v) is 3.49. The molecule has 2 rings (SSSR count). The highest BCUT2D eigenvalue weighted by Crippen LogP contribution is 2.41. The molecule has 2 aliphatic rings. The van der Waals surface area contributed by atoms with Gasteiger partial charge in [0.15, 0.2) is 0 Å². The molecule has 2 nitrogen and oxygen atoms in total. The zero-order chi connectivity index (χ0) is 14.9. The summed E-state index contributed by atoms with van der Waals surface area (Å²) >= 11 is 0. The normalized spacial score (nSPS) is 20.7. The van der Waals surface area contributed by atoms with Crippen LogP contribution in [-0.2, 0) is 4.74 Å². The Labute approximate surface area is 119 Å². The van der Waals surface area contributed by atoms with Gasteiger partial charge in [0.1, 0.15) is 11.4 Å². The van der Waals surface area contributed by atoms with E-state index in [1.807, 2.05) is 39.8 Å². The minimum absolute atomic E-state index is 0.0412. The molecule has 2 heteroatoms. The molecule has 1 fully saturated rings. The summed E-state index contributed by atoms with van der Waals surface area (Å²) in [6.07, 6.45) is 6.94. The van der Waals surface area contributed by atoms with Gasteiger partial charge in [-0.05, 0) is 18.7 Å². The molecule has 0 saturated carbocycles. The predicted molar refractivity (Wildman–Crippen MR) is 85.3 cm³/mol. The fourth-order valence-electron chi connectivity index (χ4n) is 2.42. The summed E-state index contributed by atoms with van der Waals surface area (Å²) in [5.74, 6) is 0.939. The number of nitrogens with zero attached hydrogens (tertiary/aromatic N) is 1. The van der Waals surface area contributed by atoms with Gasteiger partial charge in [-0.2, -0.15) is 0 Å². The molecular weight excluding hydrogens is 234 g/mol. The monoisotopic (exact) mass is 265 g/mol. The van der Waals surface area contributed by atoms with E-state index < -0.39 is 0 Å². The van der Waals surface area contributed by atoms with Crippen LogP contribution in [0.4, 0.5) is 0 Å². The van der Waals surface area contributed by atoms with E-state index in [-0.39, 0.29) is 5.60 Å². The highest BCUT2D eigenvalue weighted by Gasteiger charge is 2.41. The number of ether oxygens (including phenoxy) is 1. The zero-order valence-electron chi connectivity index (χ0n) is 13.5. The summed E-state index contributed by atoms with van der Waals surface area (Å²) in [6.45, 7) is 17.9. The molecule has 1 spiro atoms. The fraction of sp³-hybridized carbons (Fsp3) is 0.647. The Balaban J connectivity index is 0.000000741. The number of hydrogen-bond acceptors (Lipinski definition) is 2. The molecule has 0 radical (unpaired) electrons. The van der Waals surface area contributed by atoms with Crippen molar-refractivity contribution >= 4 is 0 Å². The van der Waals surface area contributed by atoms with Crippen LogP contribution in [0.25, 0.3) is 0 Å². The SMILES string of the molecule is C=CC1=C(C=C)OC2(CCN(C)CC2)C1.CC.CC. The average Bonchev–Trinajstić information content (AvgIpc) is 2.85. The van der Waals surface area contributed by atoms with Gasteiger partial charge in [-0.15, -0.1) is 0 Å². The predicted octanol–water partition coefficient (Wildman–Crippen LogP) is 4.55. The lowest BCUT2D eigenvalue weighted by molar-refractivity contribution is -0.0190. The molecular formula is C17H31NO. The summed E-state index contributed by atoms with van der Waals surface area (Å²) in [5.41, 5.74) is 1.26. The number of hydrogen-bond donors (Lipinski definition) is 0. The highest BCUT2D eigenvalue weighted by atomic mass is 16.5.